The normalized spacial score (nSPS) is 11.1. The average molecular weight is 311 g/mol. The number of rotatable bonds is 3. The van der Waals surface area contributed by atoms with Crippen LogP contribution in [0.4, 0.5) is 0 Å². The number of aromatic nitrogens is 3. The lowest BCUT2D eigenvalue weighted by Crippen LogP contribution is -2.32. The average Bonchev–Trinajstić information content (AvgIpc) is 2.54. The second-order valence-corrected chi connectivity index (χ2v) is 5.51. The van der Waals surface area contributed by atoms with Crippen LogP contribution in [0.1, 0.15) is 19.9 Å². The molecule has 6 heteroatoms. The Morgan fingerprint density at radius 3 is 2.70 bits per heavy atom. The molecule has 0 saturated heterocycles. The molecule has 0 unspecified atom stereocenters. The summed E-state index contributed by atoms with van der Waals surface area (Å²) >= 11 is 0. The van der Waals surface area contributed by atoms with Crippen LogP contribution in [0.3, 0.4) is 0 Å². The molecule has 0 bridgehead atoms. The zero-order valence-corrected chi connectivity index (χ0v) is 13.2. The van der Waals surface area contributed by atoms with Crippen LogP contribution in [0.25, 0.3) is 22.2 Å². The Morgan fingerprint density at radius 2 is 2.00 bits per heavy atom. The van der Waals surface area contributed by atoms with Crippen molar-refractivity contribution in [2.24, 2.45) is 0 Å². The molecular weight excluding hydrogens is 294 g/mol. The van der Waals surface area contributed by atoms with Crippen molar-refractivity contribution in [2.75, 3.05) is 7.11 Å². The first-order valence-electron chi connectivity index (χ1n) is 7.31. The van der Waals surface area contributed by atoms with E-state index in [0.717, 1.165) is 5.56 Å². The first-order valence-corrected chi connectivity index (χ1v) is 7.31. The molecule has 2 aromatic heterocycles. The first kappa shape index (κ1) is 15.0. The van der Waals surface area contributed by atoms with E-state index in [4.69, 9.17) is 4.74 Å². The summed E-state index contributed by atoms with van der Waals surface area (Å²) < 4.78 is 6.73. The van der Waals surface area contributed by atoms with Gasteiger partial charge in [-0.3, -0.25) is 14.3 Å². The second kappa shape index (κ2) is 5.72. The smallest absolute Gasteiger partial charge is 0.330 e. The highest BCUT2D eigenvalue weighted by Crippen LogP contribution is 2.27. The van der Waals surface area contributed by atoms with E-state index in [1.54, 1.807) is 19.4 Å². The van der Waals surface area contributed by atoms with Crippen LogP contribution < -0.4 is 16.0 Å². The molecule has 1 aromatic carbocycles. The van der Waals surface area contributed by atoms with E-state index < -0.39 is 11.2 Å². The number of fused-ring (bicyclic) bond motifs is 1. The Labute approximate surface area is 132 Å². The Kier molecular flexibility index (Phi) is 3.73. The van der Waals surface area contributed by atoms with E-state index in [1.165, 1.54) is 4.57 Å². The van der Waals surface area contributed by atoms with Crippen molar-refractivity contribution >= 4 is 11.0 Å². The Balaban J connectivity index is 2.42. The SMILES string of the molecule is COc1cccc(-c2ccnc3c2c(=O)[nH]c(=O)n3C(C)C)c1. The third-order valence-corrected chi connectivity index (χ3v) is 3.72. The minimum atomic E-state index is -0.451. The molecule has 3 rings (SSSR count). The van der Waals surface area contributed by atoms with Crippen LogP contribution >= 0.6 is 0 Å². The van der Waals surface area contributed by atoms with Gasteiger partial charge in [0, 0.05) is 12.2 Å². The van der Waals surface area contributed by atoms with Crippen molar-refractivity contribution in [1.29, 1.82) is 0 Å². The molecule has 23 heavy (non-hydrogen) atoms. The summed E-state index contributed by atoms with van der Waals surface area (Å²) in [7, 11) is 1.59. The fourth-order valence-electron chi connectivity index (χ4n) is 2.68. The minimum absolute atomic E-state index is 0.116. The summed E-state index contributed by atoms with van der Waals surface area (Å²) in [6.45, 7) is 3.75. The lowest BCUT2D eigenvalue weighted by Gasteiger charge is -2.14. The number of benzene rings is 1. The van der Waals surface area contributed by atoms with Gasteiger partial charge in [0.25, 0.3) is 5.56 Å². The van der Waals surface area contributed by atoms with Gasteiger partial charge in [-0.15, -0.1) is 0 Å². The largest absolute Gasteiger partial charge is 0.497 e. The molecule has 0 aliphatic carbocycles. The molecule has 1 N–H and O–H groups in total. The van der Waals surface area contributed by atoms with Gasteiger partial charge in [0.15, 0.2) is 0 Å². The molecule has 0 saturated carbocycles. The highest BCUT2D eigenvalue weighted by molar-refractivity contribution is 5.92. The third kappa shape index (κ3) is 2.52. The summed E-state index contributed by atoms with van der Waals surface area (Å²) in [6.07, 6.45) is 1.61. The number of aromatic amines is 1. The monoisotopic (exact) mass is 311 g/mol. The van der Waals surface area contributed by atoms with Gasteiger partial charge in [-0.05, 0) is 43.2 Å². The first-order chi connectivity index (χ1) is 11.0. The maximum absolute atomic E-state index is 12.4. The molecule has 0 amide bonds. The van der Waals surface area contributed by atoms with E-state index in [0.29, 0.717) is 22.3 Å². The highest BCUT2D eigenvalue weighted by atomic mass is 16.5. The predicted octanol–water partition coefficient (Wildman–Crippen LogP) is 2.34. The van der Waals surface area contributed by atoms with Crippen LogP contribution in [0.5, 0.6) is 5.75 Å². The molecule has 0 fully saturated rings. The van der Waals surface area contributed by atoms with Crippen LogP contribution in [-0.2, 0) is 0 Å². The number of nitrogens with one attached hydrogen (secondary N) is 1. The molecule has 0 spiro atoms. The number of methoxy groups -OCH3 is 1. The third-order valence-electron chi connectivity index (χ3n) is 3.72. The van der Waals surface area contributed by atoms with Crippen LogP contribution in [0.15, 0.2) is 46.1 Å². The predicted molar refractivity (Wildman–Crippen MR) is 89.0 cm³/mol. The fourth-order valence-corrected chi connectivity index (χ4v) is 2.68. The van der Waals surface area contributed by atoms with Crippen molar-refractivity contribution in [3.05, 3.63) is 57.4 Å². The van der Waals surface area contributed by atoms with E-state index in [1.807, 2.05) is 38.1 Å². The van der Waals surface area contributed by atoms with Gasteiger partial charge in [-0.1, -0.05) is 12.1 Å². The number of H-pyrrole nitrogens is 1. The van der Waals surface area contributed by atoms with Gasteiger partial charge in [0.2, 0.25) is 0 Å². The summed E-state index contributed by atoms with van der Waals surface area (Å²) in [4.78, 5) is 31.1. The van der Waals surface area contributed by atoms with Crippen molar-refractivity contribution in [3.8, 4) is 16.9 Å². The molecule has 0 atom stereocenters. The summed E-state index contributed by atoms with van der Waals surface area (Å²) in [6, 6.07) is 9.07. The number of ether oxygens (including phenoxy) is 1. The molecule has 118 valence electrons. The molecule has 2 heterocycles. The van der Waals surface area contributed by atoms with Crippen molar-refractivity contribution < 1.29 is 4.74 Å². The summed E-state index contributed by atoms with van der Waals surface area (Å²) in [5.41, 5.74) is 1.04. The van der Waals surface area contributed by atoms with Crippen molar-refractivity contribution in [1.82, 2.24) is 14.5 Å². The van der Waals surface area contributed by atoms with Crippen molar-refractivity contribution in [3.63, 3.8) is 0 Å². The summed E-state index contributed by atoms with van der Waals surface area (Å²) in [5, 5.41) is 0.397. The Bertz CT molecular complexity index is 986. The van der Waals surface area contributed by atoms with Gasteiger partial charge < -0.3 is 4.74 Å². The Morgan fingerprint density at radius 1 is 1.22 bits per heavy atom. The van der Waals surface area contributed by atoms with Crippen LogP contribution in [0, 0.1) is 0 Å². The molecule has 0 radical (unpaired) electrons. The summed E-state index contributed by atoms with van der Waals surface area (Å²) in [5.74, 6) is 0.695. The zero-order chi connectivity index (χ0) is 16.6. The number of hydrogen-bond acceptors (Lipinski definition) is 4. The lowest BCUT2D eigenvalue weighted by molar-refractivity contribution is 0.415. The van der Waals surface area contributed by atoms with E-state index >= 15 is 0 Å². The standard InChI is InChI=1S/C17H17N3O3/c1-10(2)20-15-14(16(21)19-17(20)22)13(7-8-18-15)11-5-4-6-12(9-11)23-3/h4-10H,1-3H3,(H,19,21,22). The van der Waals surface area contributed by atoms with Crippen molar-refractivity contribution in [2.45, 2.75) is 19.9 Å². The topological polar surface area (TPSA) is 77.0 Å². The molecule has 6 nitrogen and oxygen atoms in total. The number of pyridine rings is 1. The molecule has 0 aliphatic heterocycles. The van der Waals surface area contributed by atoms with E-state index in [2.05, 4.69) is 9.97 Å². The minimum Gasteiger partial charge on any atom is -0.497 e. The zero-order valence-electron chi connectivity index (χ0n) is 13.2. The van der Waals surface area contributed by atoms with Gasteiger partial charge in [0.05, 0.1) is 12.5 Å². The Hall–Kier alpha value is -2.89. The molecule has 0 aliphatic rings. The van der Waals surface area contributed by atoms with Crippen LogP contribution in [-0.4, -0.2) is 21.6 Å². The maximum Gasteiger partial charge on any atom is 0.330 e. The van der Waals surface area contributed by atoms with Gasteiger partial charge in [-0.2, -0.15) is 0 Å². The lowest BCUT2D eigenvalue weighted by atomic mass is 10.0. The van der Waals surface area contributed by atoms with Crippen LogP contribution in [0.2, 0.25) is 0 Å². The highest BCUT2D eigenvalue weighted by Gasteiger charge is 2.15. The fraction of sp³-hybridized carbons (Fsp3) is 0.235. The second-order valence-electron chi connectivity index (χ2n) is 5.51. The van der Waals surface area contributed by atoms with Gasteiger partial charge >= 0.3 is 5.69 Å². The number of hydrogen-bond donors (Lipinski definition) is 1. The van der Waals surface area contributed by atoms with E-state index in [-0.39, 0.29) is 6.04 Å². The maximum atomic E-state index is 12.4. The molecule has 3 aromatic rings. The van der Waals surface area contributed by atoms with Gasteiger partial charge in [0.1, 0.15) is 11.4 Å². The van der Waals surface area contributed by atoms with E-state index in [9.17, 15) is 9.59 Å². The number of nitrogens with zero attached hydrogens (tertiary/aromatic N) is 2. The molecular formula is C17H17N3O3. The quantitative estimate of drug-likeness (QED) is 0.805. The van der Waals surface area contributed by atoms with Gasteiger partial charge in [-0.25, -0.2) is 9.78 Å².